The first kappa shape index (κ1) is 29.6. The molecule has 43 heavy (non-hydrogen) atoms. The lowest BCUT2D eigenvalue weighted by molar-refractivity contribution is -0.384. The highest BCUT2D eigenvalue weighted by Gasteiger charge is 2.52. The molecule has 3 aromatic rings. The van der Waals surface area contributed by atoms with Gasteiger partial charge >= 0.3 is 11.9 Å². The summed E-state index contributed by atoms with van der Waals surface area (Å²) >= 11 is 1.36. The Kier molecular flexibility index (Phi) is 8.40. The predicted molar refractivity (Wildman–Crippen MR) is 156 cm³/mol. The molecule has 3 atom stereocenters. The summed E-state index contributed by atoms with van der Waals surface area (Å²) in [5.74, 6) is -6.34. The molecule has 2 heterocycles. The summed E-state index contributed by atoms with van der Waals surface area (Å²) < 4.78 is 26.1. The molecule has 10 nitrogen and oxygen atoms in total. The second kappa shape index (κ2) is 12.2. The molecule has 1 aliphatic heterocycles. The molecule has 5 rings (SSSR count). The minimum atomic E-state index is -1.29. The topological polar surface area (TPSA) is 142 Å². The van der Waals surface area contributed by atoms with Crippen molar-refractivity contribution in [3.63, 3.8) is 0 Å². The summed E-state index contributed by atoms with van der Waals surface area (Å²) in [5.41, 5.74) is 6.70. The quantitative estimate of drug-likeness (QED) is 0.156. The standard InChI is InChI=1S/C31H28FN3O7S/c1-3-41-30(37)25-19(23-13-8-14-43-23)16-22-26(28(25)36)24(17-9-7-10-18(15-17)35(39)40)27(31(38)42-4-2)29(33)34(22)21-12-6-5-11-20(21)32/h5-15,19,24-25H,3-4,16,33H2,1-2H3/t19-,24+,25+/m1/s1. The maximum Gasteiger partial charge on any atom is 0.338 e. The van der Waals surface area contributed by atoms with Gasteiger partial charge in [-0.05, 0) is 49.4 Å². The van der Waals surface area contributed by atoms with Crippen molar-refractivity contribution in [3.05, 3.63) is 115 Å². The van der Waals surface area contributed by atoms with Crippen LogP contribution in [0.3, 0.4) is 0 Å². The molecular formula is C31H28FN3O7S. The second-order valence-electron chi connectivity index (χ2n) is 9.87. The third-order valence-electron chi connectivity index (χ3n) is 7.49. The molecule has 0 bridgehead atoms. The van der Waals surface area contributed by atoms with Crippen molar-refractivity contribution in [1.29, 1.82) is 0 Å². The average molecular weight is 606 g/mol. The molecule has 12 heteroatoms. The minimum absolute atomic E-state index is 0.00753. The monoisotopic (exact) mass is 605 g/mol. The van der Waals surface area contributed by atoms with Gasteiger partial charge in [-0.25, -0.2) is 9.18 Å². The number of rotatable bonds is 8. The number of allylic oxidation sites excluding steroid dienone is 2. The summed E-state index contributed by atoms with van der Waals surface area (Å²) in [4.78, 5) is 54.8. The molecule has 0 saturated heterocycles. The zero-order valence-electron chi connectivity index (χ0n) is 23.3. The maximum absolute atomic E-state index is 15.4. The van der Waals surface area contributed by atoms with Crippen molar-refractivity contribution < 1.29 is 33.2 Å². The zero-order valence-corrected chi connectivity index (χ0v) is 24.1. The van der Waals surface area contributed by atoms with Crippen LogP contribution in [0.5, 0.6) is 0 Å². The SMILES string of the molecule is CCOC(=O)C1=C(N)N(c2ccccc2F)C2=C(C(=O)[C@@H](C(=O)OCC)[C@@H](c3cccs3)C2)[C@@H]1c1cccc([N+](=O)[O-])c1. The Morgan fingerprint density at radius 2 is 1.84 bits per heavy atom. The highest BCUT2D eigenvalue weighted by atomic mass is 32.1. The molecule has 0 fully saturated rings. The number of nitro benzene ring substituents is 1. The molecule has 0 amide bonds. The summed E-state index contributed by atoms with van der Waals surface area (Å²) in [6, 6.07) is 14.9. The van der Waals surface area contributed by atoms with Crippen molar-refractivity contribution in [2.75, 3.05) is 18.1 Å². The first-order chi connectivity index (χ1) is 20.7. The first-order valence-corrected chi connectivity index (χ1v) is 14.5. The van der Waals surface area contributed by atoms with Crippen molar-refractivity contribution in [1.82, 2.24) is 0 Å². The number of nitrogens with zero attached hydrogens (tertiary/aromatic N) is 2. The third-order valence-corrected chi connectivity index (χ3v) is 8.50. The van der Waals surface area contributed by atoms with Crippen LogP contribution < -0.4 is 10.6 Å². The lowest BCUT2D eigenvalue weighted by atomic mass is 9.68. The fourth-order valence-electron chi connectivity index (χ4n) is 5.77. The molecule has 1 aliphatic carbocycles. The normalized spacial score (nSPS) is 20.1. The number of ketones is 1. The zero-order chi connectivity index (χ0) is 30.8. The van der Waals surface area contributed by atoms with Gasteiger partial charge in [0.05, 0.1) is 35.3 Å². The van der Waals surface area contributed by atoms with Crippen molar-refractivity contribution >= 4 is 40.4 Å². The molecule has 2 N–H and O–H groups in total. The first-order valence-electron chi connectivity index (χ1n) is 13.6. The number of nitrogens with two attached hydrogens (primary N) is 1. The van der Waals surface area contributed by atoms with E-state index in [0.717, 1.165) is 4.88 Å². The summed E-state index contributed by atoms with van der Waals surface area (Å²) in [5, 5.41) is 13.5. The van der Waals surface area contributed by atoms with Crippen LogP contribution in [0.2, 0.25) is 0 Å². The van der Waals surface area contributed by atoms with Crippen LogP contribution in [-0.2, 0) is 23.9 Å². The average Bonchev–Trinajstić information content (AvgIpc) is 3.52. The minimum Gasteiger partial charge on any atom is -0.465 e. The van der Waals surface area contributed by atoms with Crippen LogP contribution in [0.25, 0.3) is 0 Å². The van der Waals surface area contributed by atoms with E-state index in [-0.39, 0.29) is 59.2 Å². The van der Waals surface area contributed by atoms with Gasteiger partial charge in [-0.1, -0.05) is 30.3 Å². The van der Waals surface area contributed by atoms with Crippen LogP contribution in [0, 0.1) is 21.8 Å². The molecule has 2 aliphatic rings. The number of anilines is 1. The Morgan fingerprint density at radius 1 is 1.09 bits per heavy atom. The van der Waals surface area contributed by atoms with Crippen LogP contribution >= 0.6 is 11.3 Å². The van der Waals surface area contributed by atoms with E-state index in [1.54, 1.807) is 32.0 Å². The van der Waals surface area contributed by atoms with Crippen molar-refractivity contribution in [3.8, 4) is 0 Å². The number of non-ortho nitro benzene ring substituents is 1. The number of hydrogen-bond acceptors (Lipinski definition) is 10. The molecule has 1 aromatic heterocycles. The lowest BCUT2D eigenvalue weighted by Crippen LogP contribution is -2.46. The van der Waals surface area contributed by atoms with Crippen molar-refractivity contribution in [2.24, 2.45) is 11.7 Å². The number of para-hydroxylation sites is 1. The highest BCUT2D eigenvalue weighted by molar-refractivity contribution is 7.10. The highest BCUT2D eigenvalue weighted by Crippen LogP contribution is 2.52. The Morgan fingerprint density at radius 3 is 2.49 bits per heavy atom. The fourth-order valence-corrected chi connectivity index (χ4v) is 6.63. The maximum atomic E-state index is 15.4. The van der Waals surface area contributed by atoms with Gasteiger partial charge in [0, 0.05) is 34.2 Å². The fraction of sp³-hybridized carbons (Fsp3) is 0.258. The van der Waals surface area contributed by atoms with E-state index in [1.807, 2.05) is 5.38 Å². The number of hydrogen-bond donors (Lipinski definition) is 1. The molecule has 2 aromatic carbocycles. The number of carbonyl (C=O) groups is 3. The number of carbonyl (C=O) groups excluding carboxylic acids is 3. The molecule has 0 unspecified atom stereocenters. The number of nitro groups is 1. The van der Waals surface area contributed by atoms with Gasteiger partial charge in [0.1, 0.15) is 17.6 Å². The van der Waals surface area contributed by atoms with E-state index in [1.165, 1.54) is 58.7 Å². The second-order valence-corrected chi connectivity index (χ2v) is 10.9. The smallest absolute Gasteiger partial charge is 0.338 e. The summed E-state index contributed by atoms with van der Waals surface area (Å²) in [6.45, 7) is 3.21. The molecule has 0 radical (unpaired) electrons. The molecular weight excluding hydrogens is 577 g/mol. The molecule has 0 saturated carbocycles. The van der Waals surface area contributed by atoms with Gasteiger partial charge in [0.25, 0.3) is 5.69 Å². The third kappa shape index (κ3) is 5.29. The van der Waals surface area contributed by atoms with E-state index in [0.29, 0.717) is 0 Å². The Hall–Kier alpha value is -4.84. The predicted octanol–water partition coefficient (Wildman–Crippen LogP) is 5.32. The van der Waals surface area contributed by atoms with Gasteiger partial charge in [0.2, 0.25) is 0 Å². The lowest BCUT2D eigenvalue weighted by Gasteiger charge is -2.43. The number of benzene rings is 2. The van der Waals surface area contributed by atoms with Crippen molar-refractivity contribution in [2.45, 2.75) is 32.1 Å². The Balaban J connectivity index is 1.85. The van der Waals surface area contributed by atoms with Gasteiger partial charge in [0.15, 0.2) is 5.78 Å². The van der Waals surface area contributed by atoms with Crippen LogP contribution in [-0.4, -0.2) is 35.9 Å². The number of halogens is 1. The van der Waals surface area contributed by atoms with E-state index in [9.17, 15) is 24.5 Å². The Labute approximate surface area is 250 Å². The number of thiophene rings is 1. The van der Waals surface area contributed by atoms with Crippen LogP contribution in [0.1, 0.15) is 42.5 Å². The van der Waals surface area contributed by atoms with E-state index in [4.69, 9.17) is 15.2 Å². The van der Waals surface area contributed by atoms with E-state index < -0.39 is 46.2 Å². The van der Waals surface area contributed by atoms with E-state index >= 15 is 4.39 Å². The van der Waals surface area contributed by atoms with Gasteiger partial charge in [-0.3, -0.25) is 24.6 Å². The van der Waals surface area contributed by atoms with E-state index in [2.05, 4.69) is 0 Å². The largest absolute Gasteiger partial charge is 0.465 e. The number of ether oxygens (including phenoxy) is 2. The van der Waals surface area contributed by atoms with Crippen LogP contribution in [0.4, 0.5) is 15.8 Å². The van der Waals surface area contributed by atoms with Gasteiger partial charge < -0.3 is 15.2 Å². The Bertz CT molecular complexity index is 1670. The summed E-state index contributed by atoms with van der Waals surface area (Å²) in [7, 11) is 0. The molecule has 0 spiro atoms. The van der Waals surface area contributed by atoms with Crippen LogP contribution in [0.15, 0.2) is 88.7 Å². The molecule has 222 valence electrons. The number of Topliss-reactive ketones (excluding diaryl/α,β-unsaturated/α-hetero) is 1. The van der Waals surface area contributed by atoms with Gasteiger partial charge in [-0.15, -0.1) is 11.3 Å². The summed E-state index contributed by atoms with van der Waals surface area (Å²) in [6.07, 6.45) is 0.0572. The van der Waals surface area contributed by atoms with Gasteiger partial charge in [-0.2, -0.15) is 0 Å². The number of esters is 2.